The molecule has 1 saturated heterocycles. The van der Waals surface area contributed by atoms with Crippen molar-refractivity contribution in [2.24, 2.45) is 29.6 Å². The molecule has 0 bridgehead atoms. The molecule has 0 amide bonds. The fourth-order valence-electron chi connectivity index (χ4n) is 12.3. The highest BCUT2D eigenvalue weighted by atomic mass is 16.6. The first-order chi connectivity index (χ1) is 53.2. The maximum atomic E-state index is 13.4. The third-order valence-electron chi connectivity index (χ3n) is 20.3. The van der Waals surface area contributed by atoms with Crippen LogP contribution in [0.15, 0.2) is 0 Å². The molecule has 1 aliphatic heterocycles. The van der Waals surface area contributed by atoms with Crippen molar-refractivity contribution in [3.05, 3.63) is 0 Å². The lowest BCUT2D eigenvalue weighted by Crippen LogP contribution is -2.50. The summed E-state index contributed by atoms with van der Waals surface area (Å²) in [6.07, 6.45) is 25.9. The Balaban J connectivity index is 3.16. The molecule has 1 aliphatic rings. The number of rotatable bonds is 74. The van der Waals surface area contributed by atoms with E-state index < -0.39 is 0 Å². The fourth-order valence-corrected chi connectivity index (χ4v) is 12.3. The predicted molar refractivity (Wildman–Crippen MR) is 428 cm³/mol. The summed E-state index contributed by atoms with van der Waals surface area (Å²) in [5, 5.41) is 0. The summed E-state index contributed by atoms with van der Waals surface area (Å²) >= 11 is 0. The van der Waals surface area contributed by atoms with Crippen LogP contribution in [0.25, 0.3) is 0 Å². The van der Waals surface area contributed by atoms with E-state index in [2.05, 4.69) is 54.2 Å². The summed E-state index contributed by atoms with van der Waals surface area (Å²) in [6.45, 7) is 30.9. The smallest absolute Gasteiger partial charge is 0.308 e. The van der Waals surface area contributed by atoms with Crippen LogP contribution in [0.1, 0.15) is 294 Å². The number of hydrogen-bond acceptors (Lipinski definition) is 25. The third kappa shape index (κ3) is 58.4. The molecule has 1 rings (SSSR count). The SMILES string of the molecule is CCCCCC(C)C(=O)OCCCCOC(=O)CCN(CCC(=O)OCCCCOC(=O)C(C)CCCCC)CCN(CCC(=O)OCCCCOC(=O)C(C)CCCCC)CCN1CCN(CCN(CCC(=O)OCCCCOC(=O)C(C)CCCCC)CCC(=O)OCCCCOC(=O)C(C)CCCCC)CC1. The van der Waals surface area contributed by atoms with Gasteiger partial charge in [-0.2, -0.15) is 0 Å². The summed E-state index contributed by atoms with van der Waals surface area (Å²) in [5.74, 6) is -3.58. The van der Waals surface area contributed by atoms with Gasteiger partial charge in [-0.1, -0.05) is 166 Å². The van der Waals surface area contributed by atoms with E-state index in [0.717, 1.165) is 155 Å². The molecule has 5 unspecified atom stereocenters. The van der Waals surface area contributed by atoms with Crippen molar-refractivity contribution < 1.29 is 95.3 Å². The van der Waals surface area contributed by atoms with Gasteiger partial charge in [0.15, 0.2) is 0 Å². The van der Waals surface area contributed by atoms with Crippen molar-refractivity contribution in [2.45, 2.75) is 294 Å². The molecule has 0 radical (unpaired) electrons. The van der Waals surface area contributed by atoms with E-state index in [1.54, 1.807) is 0 Å². The molecule has 5 atom stereocenters. The molecular weight excluding hydrogens is 1410 g/mol. The number of hydrogen-bond donors (Lipinski definition) is 0. The molecule has 0 aromatic carbocycles. The van der Waals surface area contributed by atoms with Gasteiger partial charge in [0.25, 0.3) is 0 Å². The van der Waals surface area contributed by atoms with Crippen molar-refractivity contribution in [3.8, 4) is 0 Å². The summed E-state index contributed by atoms with van der Waals surface area (Å²) in [4.78, 5) is 140. The van der Waals surface area contributed by atoms with E-state index in [1.807, 2.05) is 39.5 Å². The van der Waals surface area contributed by atoms with Gasteiger partial charge >= 0.3 is 59.7 Å². The zero-order valence-electron chi connectivity index (χ0n) is 70.7. The van der Waals surface area contributed by atoms with Crippen molar-refractivity contribution in [2.75, 3.05) is 164 Å². The lowest BCUT2D eigenvalue weighted by atomic mass is 10.0. The number of carbonyl (C=O) groups is 10. The van der Waals surface area contributed by atoms with Gasteiger partial charge in [0.1, 0.15) is 0 Å². The summed E-state index contributed by atoms with van der Waals surface area (Å²) < 4.78 is 55.6. The van der Waals surface area contributed by atoms with E-state index in [1.165, 1.54) is 0 Å². The molecule has 0 aromatic heterocycles. The quantitative estimate of drug-likeness (QED) is 0.0311. The lowest BCUT2D eigenvalue weighted by molar-refractivity contribution is -0.149. The Morgan fingerprint density at radius 1 is 0.236 bits per heavy atom. The Morgan fingerprint density at radius 3 is 0.600 bits per heavy atom. The molecule has 25 nitrogen and oxygen atoms in total. The van der Waals surface area contributed by atoms with Gasteiger partial charge in [0.2, 0.25) is 0 Å². The van der Waals surface area contributed by atoms with Crippen LogP contribution in [0.3, 0.4) is 0 Å². The number of esters is 10. The molecule has 1 heterocycles. The lowest BCUT2D eigenvalue weighted by Gasteiger charge is -2.37. The second-order valence-electron chi connectivity index (χ2n) is 30.4. The molecule has 0 aromatic rings. The first-order valence-electron chi connectivity index (χ1n) is 43.4. The Morgan fingerprint density at radius 2 is 0.409 bits per heavy atom. The Labute approximate surface area is 664 Å². The number of piperazine rings is 1. The molecule has 0 N–H and O–H groups in total. The van der Waals surface area contributed by atoms with Crippen molar-refractivity contribution in [1.29, 1.82) is 0 Å². The van der Waals surface area contributed by atoms with E-state index >= 15 is 0 Å². The molecule has 0 spiro atoms. The minimum Gasteiger partial charge on any atom is -0.466 e. The highest BCUT2D eigenvalue weighted by Gasteiger charge is 2.24. The Bertz CT molecular complexity index is 2290. The Hall–Kier alpha value is -5.50. The van der Waals surface area contributed by atoms with E-state index in [4.69, 9.17) is 47.4 Å². The zero-order valence-corrected chi connectivity index (χ0v) is 70.7. The molecule has 110 heavy (non-hydrogen) atoms. The summed E-state index contributed by atoms with van der Waals surface area (Å²) in [5.41, 5.74) is 0. The van der Waals surface area contributed by atoms with Crippen LogP contribution < -0.4 is 0 Å². The monoisotopic (exact) mass is 1570 g/mol. The second-order valence-corrected chi connectivity index (χ2v) is 30.4. The fraction of sp³-hybridized carbons (Fsp3) is 0.882. The molecule has 0 aliphatic carbocycles. The van der Waals surface area contributed by atoms with Crippen LogP contribution >= 0.6 is 0 Å². The van der Waals surface area contributed by atoms with Gasteiger partial charge in [0.05, 0.1) is 128 Å². The van der Waals surface area contributed by atoms with Gasteiger partial charge in [-0.3, -0.25) is 57.7 Å². The maximum absolute atomic E-state index is 13.4. The molecule has 25 heteroatoms. The minimum atomic E-state index is -0.387. The third-order valence-corrected chi connectivity index (χ3v) is 20.3. The molecular formula is C85H155N5O20. The standard InChI is InChI=1S/C85H155N5O20/c1-11-16-21-36-71(6)81(96)106-66-31-26-61-101-76(91)41-46-86(47-42-77(92)102-62-27-32-67-107-82(97)72(7)37-22-17-12-2)51-53-88(50-45-80(95)105-65-30-35-70-110-85(100)75(10)40-25-20-15-5)54-56-90-59-57-89(58-60-90)55-52-87(48-43-78(93)103-63-28-33-68-108-83(98)73(8)38-23-18-13-3)49-44-79(94)104-64-29-34-69-109-84(99)74(9)39-24-19-14-4/h71-75H,11-70H2,1-10H3. The van der Waals surface area contributed by atoms with E-state index in [-0.39, 0.29) is 187 Å². The number of ether oxygens (including phenoxy) is 10. The van der Waals surface area contributed by atoms with Crippen LogP contribution in [0.4, 0.5) is 0 Å². The van der Waals surface area contributed by atoms with E-state index in [9.17, 15) is 47.9 Å². The van der Waals surface area contributed by atoms with Crippen LogP contribution in [0.5, 0.6) is 0 Å². The van der Waals surface area contributed by atoms with Crippen molar-refractivity contribution in [1.82, 2.24) is 24.5 Å². The van der Waals surface area contributed by atoms with Crippen LogP contribution in [0.2, 0.25) is 0 Å². The highest BCUT2D eigenvalue weighted by molar-refractivity contribution is 5.74. The largest absolute Gasteiger partial charge is 0.466 e. The number of nitrogens with zero attached hydrogens (tertiary/aromatic N) is 5. The zero-order chi connectivity index (χ0) is 81.0. The molecule has 0 saturated carbocycles. The first kappa shape index (κ1) is 103. The van der Waals surface area contributed by atoms with Crippen LogP contribution in [-0.4, -0.2) is 248 Å². The normalized spacial score (nSPS) is 14.0. The minimum absolute atomic E-state index is 0.0714. The average Bonchev–Trinajstić information content (AvgIpc) is 0.898. The number of carbonyl (C=O) groups excluding carboxylic acids is 10. The predicted octanol–water partition coefficient (Wildman–Crippen LogP) is 13.9. The second kappa shape index (κ2) is 70.2. The topological polar surface area (TPSA) is 279 Å². The van der Waals surface area contributed by atoms with Crippen LogP contribution in [0, 0.1) is 29.6 Å². The molecule has 1 fully saturated rings. The maximum Gasteiger partial charge on any atom is 0.308 e. The first-order valence-corrected chi connectivity index (χ1v) is 43.4. The van der Waals surface area contributed by atoms with Crippen LogP contribution in [-0.2, 0) is 95.3 Å². The van der Waals surface area contributed by atoms with Gasteiger partial charge < -0.3 is 62.1 Å². The average molecular weight is 1570 g/mol. The van der Waals surface area contributed by atoms with Gasteiger partial charge in [0, 0.05) is 98.2 Å². The van der Waals surface area contributed by atoms with Crippen molar-refractivity contribution >= 4 is 59.7 Å². The van der Waals surface area contributed by atoms with Gasteiger partial charge in [-0.05, 0) is 96.3 Å². The van der Waals surface area contributed by atoms with Crippen molar-refractivity contribution in [3.63, 3.8) is 0 Å². The summed E-state index contributed by atoms with van der Waals surface area (Å²) in [6, 6.07) is 0. The Kier molecular flexibility index (Phi) is 65.4. The molecule has 640 valence electrons. The van der Waals surface area contributed by atoms with Gasteiger partial charge in [-0.25, -0.2) is 0 Å². The summed E-state index contributed by atoms with van der Waals surface area (Å²) in [7, 11) is 0. The van der Waals surface area contributed by atoms with E-state index in [0.29, 0.717) is 136 Å². The van der Waals surface area contributed by atoms with Gasteiger partial charge in [-0.15, -0.1) is 0 Å². The number of unbranched alkanes of at least 4 members (excludes halogenated alkanes) is 15. The highest BCUT2D eigenvalue weighted by Crippen LogP contribution is 2.18.